The first-order valence-electron chi connectivity index (χ1n) is 9.20. The minimum Gasteiger partial charge on any atom is -0.445 e. The smallest absolute Gasteiger partial charge is 0.417 e. The number of nitrogens with one attached hydrogen (secondary N) is 1. The number of aromatic nitrogens is 2. The molecule has 3 aromatic rings. The average Bonchev–Trinajstić information content (AvgIpc) is 3.29. The number of oxazole rings is 2. The van der Waals surface area contributed by atoms with E-state index < -0.39 is 15.8 Å². The first-order chi connectivity index (χ1) is 13.5. The molecule has 0 saturated carbocycles. The molecular formula is C18H19N3O6S. The number of ether oxygens (including phenoxy) is 1. The topological polar surface area (TPSA) is 119 Å². The van der Waals surface area contributed by atoms with E-state index in [9.17, 15) is 13.2 Å². The van der Waals surface area contributed by atoms with Crippen molar-refractivity contribution in [3.05, 3.63) is 46.1 Å². The highest BCUT2D eigenvalue weighted by Gasteiger charge is 2.33. The summed E-state index contributed by atoms with van der Waals surface area (Å²) in [6.45, 7) is 1.86. The number of rotatable bonds is 3. The Hall–Kier alpha value is -2.43. The van der Waals surface area contributed by atoms with Crippen LogP contribution in [-0.4, -0.2) is 42.4 Å². The zero-order valence-electron chi connectivity index (χ0n) is 15.0. The highest BCUT2D eigenvalue weighted by Crippen LogP contribution is 2.31. The first kappa shape index (κ1) is 17.7. The molecule has 2 aliphatic heterocycles. The summed E-state index contributed by atoms with van der Waals surface area (Å²) in [5, 5.41) is 0. The van der Waals surface area contributed by atoms with Gasteiger partial charge in [-0.15, -0.1) is 0 Å². The highest BCUT2D eigenvalue weighted by molar-refractivity contribution is 7.89. The van der Waals surface area contributed by atoms with Crippen LogP contribution < -0.4 is 5.76 Å². The number of aromatic amines is 1. The molecule has 148 valence electrons. The predicted octanol–water partition coefficient (Wildman–Crippen LogP) is 1.75. The van der Waals surface area contributed by atoms with Crippen LogP contribution in [0.25, 0.3) is 11.1 Å². The molecule has 9 nitrogen and oxygen atoms in total. The van der Waals surface area contributed by atoms with Gasteiger partial charge < -0.3 is 13.6 Å². The van der Waals surface area contributed by atoms with Gasteiger partial charge in [0.1, 0.15) is 5.76 Å². The van der Waals surface area contributed by atoms with E-state index in [1.165, 1.54) is 22.5 Å². The van der Waals surface area contributed by atoms with Crippen LogP contribution in [0.1, 0.15) is 36.1 Å². The Kier molecular flexibility index (Phi) is 4.14. The molecule has 5 rings (SSSR count). The molecule has 1 saturated heterocycles. The molecule has 0 unspecified atom stereocenters. The van der Waals surface area contributed by atoms with Gasteiger partial charge in [-0.3, -0.25) is 4.98 Å². The third-order valence-corrected chi connectivity index (χ3v) is 7.15. The van der Waals surface area contributed by atoms with Gasteiger partial charge in [0.25, 0.3) is 0 Å². The second-order valence-corrected chi connectivity index (χ2v) is 9.01. The maximum absolute atomic E-state index is 13.1. The van der Waals surface area contributed by atoms with Gasteiger partial charge in [0, 0.05) is 38.2 Å². The van der Waals surface area contributed by atoms with E-state index in [1.54, 1.807) is 0 Å². The summed E-state index contributed by atoms with van der Waals surface area (Å²) in [5.41, 5.74) is 1.35. The summed E-state index contributed by atoms with van der Waals surface area (Å²) in [6.07, 6.45) is 2.21. The van der Waals surface area contributed by atoms with Crippen molar-refractivity contribution >= 4 is 21.1 Å². The molecular weight excluding hydrogens is 386 g/mol. The molecule has 0 bridgehead atoms. The number of sulfonamides is 1. The minimum absolute atomic E-state index is 0.0827. The zero-order chi connectivity index (χ0) is 19.3. The molecule has 1 N–H and O–H groups in total. The lowest BCUT2D eigenvalue weighted by Crippen LogP contribution is -2.35. The molecule has 0 amide bonds. The summed E-state index contributed by atoms with van der Waals surface area (Å²) in [7, 11) is -3.75. The van der Waals surface area contributed by atoms with Crippen molar-refractivity contribution in [1.82, 2.24) is 14.3 Å². The second kappa shape index (κ2) is 6.57. The number of hydrogen-bond acceptors (Lipinski definition) is 7. The lowest BCUT2D eigenvalue weighted by atomic mass is 10.0. The van der Waals surface area contributed by atoms with E-state index in [4.69, 9.17) is 13.6 Å². The summed E-state index contributed by atoms with van der Waals surface area (Å²) in [5.74, 6) is 1.06. The minimum atomic E-state index is -3.75. The molecule has 0 atom stereocenters. The van der Waals surface area contributed by atoms with Crippen LogP contribution in [0.2, 0.25) is 0 Å². The number of fused-ring (bicyclic) bond motifs is 2. The van der Waals surface area contributed by atoms with E-state index in [0.717, 1.165) is 18.6 Å². The molecule has 1 fully saturated rings. The first-order valence-corrected chi connectivity index (χ1v) is 10.6. The standard InChI is InChI=1S/C18H19N3O6S/c22-18-20-13-2-1-12(9-16(13)27-18)28(23,24)21-6-3-15-14(10-21)19-17(26-15)11-4-7-25-8-5-11/h1-2,9,11H,3-8,10H2,(H,20,22). The van der Waals surface area contributed by atoms with Crippen LogP contribution in [0.3, 0.4) is 0 Å². The van der Waals surface area contributed by atoms with Gasteiger partial charge in [0.15, 0.2) is 11.5 Å². The fraction of sp³-hybridized carbons (Fsp3) is 0.444. The lowest BCUT2D eigenvalue weighted by molar-refractivity contribution is 0.0791. The Bertz CT molecular complexity index is 1190. The summed E-state index contributed by atoms with van der Waals surface area (Å²) in [6, 6.07) is 4.37. The molecule has 2 aliphatic rings. The van der Waals surface area contributed by atoms with Crippen molar-refractivity contribution in [1.29, 1.82) is 0 Å². The number of nitrogens with zero attached hydrogens (tertiary/aromatic N) is 2. The van der Waals surface area contributed by atoms with Gasteiger partial charge in [0.05, 0.1) is 22.7 Å². The molecule has 28 heavy (non-hydrogen) atoms. The summed E-state index contributed by atoms with van der Waals surface area (Å²) >= 11 is 0. The van der Waals surface area contributed by atoms with Crippen molar-refractivity contribution in [2.45, 2.75) is 36.6 Å². The van der Waals surface area contributed by atoms with Gasteiger partial charge in [-0.25, -0.2) is 18.2 Å². The average molecular weight is 405 g/mol. The Morgan fingerprint density at radius 1 is 1.18 bits per heavy atom. The van der Waals surface area contributed by atoms with Gasteiger partial charge >= 0.3 is 5.76 Å². The Morgan fingerprint density at radius 2 is 2.00 bits per heavy atom. The van der Waals surface area contributed by atoms with Gasteiger partial charge in [-0.1, -0.05) is 0 Å². The molecule has 0 radical (unpaired) electrons. The zero-order valence-corrected chi connectivity index (χ0v) is 15.8. The van der Waals surface area contributed by atoms with Crippen molar-refractivity contribution in [2.24, 2.45) is 0 Å². The van der Waals surface area contributed by atoms with Crippen LogP contribution in [0.15, 0.2) is 36.7 Å². The Morgan fingerprint density at radius 3 is 2.82 bits per heavy atom. The Balaban J connectivity index is 1.42. The summed E-state index contributed by atoms with van der Waals surface area (Å²) < 4.78 is 43.8. The van der Waals surface area contributed by atoms with Gasteiger partial charge in [-0.05, 0) is 25.0 Å². The van der Waals surface area contributed by atoms with Crippen molar-refractivity contribution in [3.8, 4) is 0 Å². The molecule has 1 aromatic carbocycles. The van der Waals surface area contributed by atoms with E-state index in [1.807, 2.05) is 0 Å². The van der Waals surface area contributed by atoms with Gasteiger partial charge in [-0.2, -0.15) is 4.31 Å². The van der Waals surface area contributed by atoms with Crippen LogP contribution in [0, 0.1) is 0 Å². The van der Waals surface area contributed by atoms with E-state index >= 15 is 0 Å². The quantitative estimate of drug-likeness (QED) is 0.705. The monoisotopic (exact) mass is 405 g/mol. The van der Waals surface area contributed by atoms with Crippen molar-refractivity contribution in [2.75, 3.05) is 19.8 Å². The third kappa shape index (κ3) is 2.97. The lowest BCUT2D eigenvalue weighted by Gasteiger charge is -2.24. The largest absolute Gasteiger partial charge is 0.445 e. The SMILES string of the molecule is O=c1[nH]c2ccc(S(=O)(=O)N3CCc4oc(C5CCOCC5)nc4C3)cc2o1. The van der Waals surface area contributed by atoms with Crippen LogP contribution in [-0.2, 0) is 27.7 Å². The van der Waals surface area contributed by atoms with Crippen molar-refractivity contribution in [3.63, 3.8) is 0 Å². The number of H-pyrrole nitrogens is 1. The fourth-order valence-electron chi connectivity index (χ4n) is 3.75. The van der Waals surface area contributed by atoms with Gasteiger partial charge in [0.2, 0.25) is 10.0 Å². The molecule has 2 aromatic heterocycles. The summed E-state index contributed by atoms with van der Waals surface area (Å²) in [4.78, 5) is 18.5. The molecule has 0 spiro atoms. The number of hydrogen-bond donors (Lipinski definition) is 1. The predicted molar refractivity (Wildman–Crippen MR) is 97.4 cm³/mol. The fourth-order valence-corrected chi connectivity index (χ4v) is 5.17. The molecule has 10 heteroatoms. The van der Waals surface area contributed by atoms with Crippen molar-refractivity contribution < 1.29 is 22.0 Å². The number of benzene rings is 1. The van der Waals surface area contributed by atoms with E-state index in [2.05, 4.69) is 9.97 Å². The Labute approximate surface area is 160 Å². The van der Waals surface area contributed by atoms with E-state index in [-0.39, 0.29) is 22.9 Å². The maximum Gasteiger partial charge on any atom is 0.417 e. The van der Waals surface area contributed by atoms with Crippen LogP contribution >= 0.6 is 0 Å². The third-order valence-electron chi connectivity index (χ3n) is 5.31. The second-order valence-electron chi connectivity index (χ2n) is 7.07. The van der Waals surface area contributed by atoms with Crippen LogP contribution in [0.4, 0.5) is 0 Å². The molecule has 4 heterocycles. The molecule has 0 aliphatic carbocycles. The van der Waals surface area contributed by atoms with E-state index in [0.29, 0.717) is 43.3 Å². The normalized spacial score (nSPS) is 19.1. The highest BCUT2D eigenvalue weighted by atomic mass is 32.2. The maximum atomic E-state index is 13.1. The van der Waals surface area contributed by atoms with Crippen LogP contribution in [0.5, 0.6) is 0 Å².